The zero-order valence-electron chi connectivity index (χ0n) is 11.0. The van der Waals surface area contributed by atoms with E-state index in [9.17, 15) is 4.39 Å². The summed E-state index contributed by atoms with van der Waals surface area (Å²) in [7, 11) is 0. The Morgan fingerprint density at radius 3 is 3.10 bits per heavy atom. The van der Waals surface area contributed by atoms with Crippen LogP contribution in [0.4, 0.5) is 4.39 Å². The molecule has 2 heterocycles. The van der Waals surface area contributed by atoms with Gasteiger partial charge in [-0.3, -0.25) is 4.98 Å². The number of fused-ring (bicyclic) bond motifs is 1. The Morgan fingerprint density at radius 1 is 1.38 bits per heavy atom. The Kier molecular flexibility index (Phi) is 3.79. The van der Waals surface area contributed by atoms with E-state index in [4.69, 9.17) is 10.6 Å². The lowest BCUT2D eigenvalue weighted by Crippen LogP contribution is -2.12. The highest BCUT2D eigenvalue weighted by atomic mass is 32.1. The third-order valence-corrected chi connectivity index (χ3v) is 3.63. The van der Waals surface area contributed by atoms with Crippen LogP contribution < -0.4 is 5.73 Å². The summed E-state index contributed by atoms with van der Waals surface area (Å²) in [5.41, 5.74) is 7.93. The molecule has 0 unspecified atom stereocenters. The highest BCUT2D eigenvalue weighted by Gasteiger charge is 2.06. The standard InChI is InChI=1S/C15H12FN3OS/c16-13-6-10-2-1-4-18-14(10)12(7-13)8-20-19-15(17)11-3-5-21-9-11/h1-7,9H,8H2,(H2,17,19). The van der Waals surface area contributed by atoms with Crippen molar-refractivity contribution in [2.24, 2.45) is 10.9 Å². The lowest BCUT2D eigenvalue weighted by Gasteiger charge is -2.05. The molecule has 0 aliphatic carbocycles. The second kappa shape index (κ2) is 5.88. The summed E-state index contributed by atoms with van der Waals surface area (Å²) in [5, 5.41) is 8.36. The minimum Gasteiger partial charge on any atom is -0.389 e. The van der Waals surface area contributed by atoms with Gasteiger partial charge in [-0.1, -0.05) is 11.2 Å². The molecule has 106 valence electrons. The van der Waals surface area contributed by atoms with Crippen LogP contribution in [0.15, 0.2) is 52.4 Å². The average Bonchev–Trinajstić information content (AvgIpc) is 3.01. The predicted octanol–water partition coefficient (Wildman–Crippen LogP) is 3.27. The molecule has 2 N–H and O–H groups in total. The van der Waals surface area contributed by atoms with E-state index in [1.54, 1.807) is 18.3 Å². The quantitative estimate of drug-likeness (QED) is 0.457. The number of hydrogen-bond donors (Lipinski definition) is 1. The zero-order chi connectivity index (χ0) is 14.7. The first kappa shape index (κ1) is 13.5. The summed E-state index contributed by atoms with van der Waals surface area (Å²) < 4.78 is 13.6. The predicted molar refractivity (Wildman–Crippen MR) is 81.5 cm³/mol. The Balaban J connectivity index is 1.81. The number of nitrogens with two attached hydrogens (primary N) is 1. The van der Waals surface area contributed by atoms with Crippen molar-refractivity contribution >= 4 is 28.1 Å². The molecule has 0 atom stereocenters. The van der Waals surface area contributed by atoms with Crippen LogP contribution in [-0.2, 0) is 11.4 Å². The van der Waals surface area contributed by atoms with Gasteiger partial charge < -0.3 is 10.6 Å². The van der Waals surface area contributed by atoms with Gasteiger partial charge in [-0.15, -0.1) is 0 Å². The van der Waals surface area contributed by atoms with E-state index in [1.165, 1.54) is 23.5 Å². The topological polar surface area (TPSA) is 60.5 Å². The molecule has 0 aliphatic rings. The zero-order valence-corrected chi connectivity index (χ0v) is 11.8. The fourth-order valence-electron chi connectivity index (χ4n) is 1.97. The normalized spacial score (nSPS) is 11.8. The number of hydrogen-bond acceptors (Lipinski definition) is 4. The number of nitrogens with zero attached hydrogens (tertiary/aromatic N) is 2. The fraction of sp³-hybridized carbons (Fsp3) is 0.0667. The number of thiophene rings is 1. The Labute approximate surface area is 124 Å². The summed E-state index contributed by atoms with van der Waals surface area (Å²) in [6, 6.07) is 8.25. The molecule has 0 saturated heterocycles. The van der Waals surface area contributed by atoms with Crippen LogP contribution in [0.25, 0.3) is 10.9 Å². The molecule has 0 bridgehead atoms. The van der Waals surface area contributed by atoms with E-state index in [0.29, 0.717) is 16.9 Å². The minimum absolute atomic E-state index is 0.107. The van der Waals surface area contributed by atoms with Gasteiger partial charge in [-0.05, 0) is 29.6 Å². The molecule has 0 amide bonds. The number of pyridine rings is 1. The molecule has 3 rings (SSSR count). The molecule has 0 spiro atoms. The van der Waals surface area contributed by atoms with E-state index in [-0.39, 0.29) is 12.4 Å². The molecular formula is C15H12FN3OS. The Bertz CT molecular complexity index is 787. The second-order valence-electron chi connectivity index (χ2n) is 4.40. The van der Waals surface area contributed by atoms with E-state index in [1.807, 2.05) is 16.8 Å². The van der Waals surface area contributed by atoms with Gasteiger partial charge in [0.2, 0.25) is 0 Å². The summed E-state index contributed by atoms with van der Waals surface area (Å²) in [6.07, 6.45) is 1.66. The largest absolute Gasteiger partial charge is 0.389 e. The highest BCUT2D eigenvalue weighted by Crippen LogP contribution is 2.19. The molecule has 4 nitrogen and oxygen atoms in total. The SMILES string of the molecule is NC(=NOCc1cc(F)cc2cccnc12)c1ccsc1. The number of oxime groups is 1. The first-order valence-electron chi connectivity index (χ1n) is 6.25. The van der Waals surface area contributed by atoms with Crippen LogP contribution in [0.1, 0.15) is 11.1 Å². The van der Waals surface area contributed by atoms with Crippen LogP contribution in [-0.4, -0.2) is 10.8 Å². The van der Waals surface area contributed by atoms with Crippen LogP contribution in [0.3, 0.4) is 0 Å². The minimum atomic E-state index is -0.330. The maximum Gasteiger partial charge on any atom is 0.171 e. The van der Waals surface area contributed by atoms with E-state index in [2.05, 4.69) is 10.1 Å². The maximum atomic E-state index is 13.6. The van der Waals surface area contributed by atoms with Crippen molar-refractivity contribution in [2.45, 2.75) is 6.61 Å². The molecule has 0 aliphatic heterocycles. The summed E-state index contributed by atoms with van der Waals surface area (Å²) in [4.78, 5) is 9.47. The second-order valence-corrected chi connectivity index (χ2v) is 5.18. The summed E-state index contributed by atoms with van der Waals surface area (Å²) in [5.74, 6) is -0.0335. The Hall–Kier alpha value is -2.47. The number of benzene rings is 1. The van der Waals surface area contributed by atoms with Crippen LogP contribution in [0.5, 0.6) is 0 Å². The molecule has 0 saturated carbocycles. The molecule has 1 aromatic carbocycles. The van der Waals surface area contributed by atoms with Gasteiger partial charge in [-0.2, -0.15) is 11.3 Å². The van der Waals surface area contributed by atoms with Crippen molar-refractivity contribution in [1.29, 1.82) is 0 Å². The summed E-state index contributed by atoms with van der Waals surface area (Å²) in [6.45, 7) is 0.107. The van der Waals surface area contributed by atoms with Gasteiger partial charge in [0.05, 0.1) is 5.52 Å². The number of amidine groups is 1. The first-order chi connectivity index (χ1) is 10.2. The van der Waals surface area contributed by atoms with Crippen molar-refractivity contribution in [3.05, 3.63) is 64.2 Å². The monoisotopic (exact) mass is 301 g/mol. The average molecular weight is 301 g/mol. The van der Waals surface area contributed by atoms with E-state index >= 15 is 0 Å². The van der Waals surface area contributed by atoms with Crippen LogP contribution in [0, 0.1) is 5.82 Å². The number of halogens is 1. The third-order valence-electron chi connectivity index (χ3n) is 2.95. The number of rotatable bonds is 4. The molecule has 6 heteroatoms. The third kappa shape index (κ3) is 3.00. The molecule has 3 aromatic rings. The number of aromatic nitrogens is 1. The molecule has 0 fully saturated rings. The van der Waals surface area contributed by atoms with Gasteiger partial charge in [0, 0.05) is 28.1 Å². The molecular weight excluding hydrogens is 289 g/mol. The maximum absolute atomic E-state index is 13.6. The van der Waals surface area contributed by atoms with Gasteiger partial charge in [0.15, 0.2) is 5.84 Å². The van der Waals surface area contributed by atoms with Gasteiger partial charge >= 0.3 is 0 Å². The van der Waals surface area contributed by atoms with Crippen molar-refractivity contribution in [2.75, 3.05) is 0 Å². The molecule has 0 radical (unpaired) electrons. The van der Waals surface area contributed by atoms with Gasteiger partial charge in [0.1, 0.15) is 12.4 Å². The van der Waals surface area contributed by atoms with Crippen LogP contribution in [0.2, 0.25) is 0 Å². The lowest BCUT2D eigenvalue weighted by molar-refractivity contribution is 0.131. The molecule has 2 aromatic heterocycles. The summed E-state index contributed by atoms with van der Waals surface area (Å²) >= 11 is 1.53. The van der Waals surface area contributed by atoms with E-state index in [0.717, 1.165) is 10.9 Å². The van der Waals surface area contributed by atoms with Crippen molar-refractivity contribution in [1.82, 2.24) is 4.98 Å². The Morgan fingerprint density at radius 2 is 2.29 bits per heavy atom. The van der Waals surface area contributed by atoms with E-state index < -0.39 is 0 Å². The lowest BCUT2D eigenvalue weighted by atomic mass is 10.1. The van der Waals surface area contributed by atoms with Crippen molar-refractivity contribution in [3.63, 3.8) is 0 Å². The van der Waals surface area contributed by atoms with Gasteiger partial charge in [-0.25, -0.2) is 4.39 Å². The van der Waals surface area contributed by atoms with Crippen molar-refractivity contribution in [3.8, 4) is 0 Å². The highest BCUT2D eigenvalue weighted by molar-refractivity contribution is 7.08. The molecule has 21 heavy (non-hydrogen) atoms. The van der Waals surface area contributed by atoms with Gasteiger partial charge in [0.25, 0.3) is 0 Å². The fourth-order valence-corrected chi connectivity index (χ4v) is 2.62. The van der Waals surface area contributed by atoms with Crippen LogP contribution >= 0.6 is 11.3 Å². The smallest absolute Gasteiger partial charge is 0.171 e. The first-order valence-corrected chi connectivity index (χ1v) is 7.19. The van der Waals surface area contributed by atoms with Crippen molar-refractivity contribution < 1.29 is 9.23 Å².